The summed E-state index contributed by atoms with van der Waals surface area (Å²) in [4.78, 5) is 24.5. The highest BCUT2D eigenvalue weighted by molar-refractivity contribution is 6.09. The minimum absolute atomic E-state index is 0.546. The van der Waals surface area contributed by atoms with Crippen LogP contribution in [0.3, 0.4) is 0 Å². The zero-order chi connectivity index (χ0) is 16.5. The van der Waals surface area contributed by atoms with Crippen LogP contribution >= 0.6 is 0 Å². The summed E-state index contributed by atoms with van der Waals surface area (Å²) in [6.07, 6.45) is 0. The Hall–Kier alpha value is -2.86. The molecule has 0 saturated heterocycles. The molecule has 0 radical (unpaired) electrons. The van der Waals surface area contributed by atoms with Gasteiger partial charge in [0.1, 0.15) is 0 Å². The number of benzene rings is 1. The molecule has 0 bridgehead atoms. The lowest BCUT2D eigenvalue weighted by molar-refractivity contribution is -0.162. The molecule has 0 heterocycles. The molecular weight excluding hydrogens is 284 g/mol. The van der Waals surface area contributed by atoms with Crippen molar-refractivity contribution in [2.24, 2.45) is 10.8 Å². The van der Waals surface area contributed by atoms with Crippen molar-refractivity contribution in [2.45, 2.75) is 12.8 Å². The Morgan fingerprint density at radius 3 is 1.86 bits per heavy atom. The fraction of sp³-hybridized carbons (Fsp3) is 0.375. The lowest BCUT2D eigenvalue weighted by atomic mass is 9.95. The molecular formula is C16H14N2O4. The maximum absolute atomic E-state index is 12.3. The first-order valence-corrected chi connectivity index (χ1v) is 6.52. The number of nitriles is 2. The van der Waals surface area contributed by atoms with E-state index >= 15 is 0 Å². The number of carbonyl (C=O) groups excluding carboxylic acids is 2. The molecule has 0 spiro atoms. The molecule has 22 heavy (non-hydrogen) atoms. The molecule has 1 fully saturated rings. The van der Waals surface area contributed by atoms with Crippen molar-refractivity contribution in [1.29, 1.82) is 10.5 Å². The van der Waals surface area contributed by atoms with E-state index in [-0.39, 0.29) is 0 Å². The zero-order valence-electron chi connectivity index (χ0n) is 12.4. The number of hydrogen-bond acceptors (Lipinski definition) is 6. The lowest BCUT2D eigenvalue weighted by Crippen LogP contribution is -2.34. The maximum Gasteiger partial charge on any atom is 0.326 e. The highest BCUT2D eigenvalue weighted by Crippen LogP contribution is 2.74. The van der Waals surface area contributed by atoms with E-state index < -0.39 is 28.7 Å². The van der Waals surface area contributed by atoms with Crippen molar-refractivity contribution in [1.82, 2.24) is 0 Å². The predicted octanol–water partition coefficient (Wildman–Crippen LogP) is 1.46. The van der Waals surface area contributed by atoms with Gasteiger partial charge in [-0.15, -0.1) is 0 Å². The van der Waals surface area contributed by atoms with E-state index in [2.05, 4.69) is 0 Å². The lowest BCUT2D eigenvalue weighted by Gasteiger charge is -2.12. The SMILES string of the molecule is COC(=O)C1(C(=O)OC)C(c2ccc(C)cc2)C1(C#N)C#N. The van der Waals surface area contributed by atoms with Crippen LogP contribution in [-0.4, -0.2) is 26.2 Å². The number of esters is 2. The van der Waals surface area contributed by atoms with Crippen molar-refractivity contribution in [3.8, 4) is 12.1 Å². The largest absolute Gasteiger partial charge is 0.468 e. The van der Waals surface area contributed by atoms with Gasteiger partial charge >= 0.3 is 11.9 Å². The number of rotatable bonds is 3. The van der Waals surface area contributed by atoms with Gasteiger partial charge in [0.15, 0.2) is 5.41 Å². The molecule has 0 aromatic heterocycles. The first kappa shape index (κ1) is 15.5. The Balaban J connectivity index is 2.68. The normalized spacial score (nSPS) is 20.1. The van der Waals surface area contributed by atoms with Gasteiger partial charge in [0, 0.05) is 5.92 Å². The molecule has 1 aromatic carbocycles. The van der Waals surface area contributed by atoms with Gasteiger partial charge in [0.25, 0.3) is 0 Å². The van der Waals surface area contributed by atoms with Crippen LogP contribution in [0.15, 0.2) is 24.3 Å². The quantitative estimate of drug-likeness (QED) is 0.618. The third-order valence-electron chi connectivity index (χ3n) is 4.18. The molecule has 0 aliphatic heterocycles. The highest BCUT2D eigenvalue weighted by Gasteiger charge is 2.89. The van der Waals surface area contributed by atoms with Gasteiger partial charge in [0.05, 0.1) is 26.4 Å². The van der Waals surface area contributed by atoms with Crippen molar-refractivity contribution in [3.05, 3.63) is 35.4 Å². The van der Waals surface area contributed by atoms with Crippen LogP contribution in [0.25, 0.3) is 0 Å². The van der Waals surface area contributed by atoms with Gasteiger partial charge in [-0.3, -0.25) is 9.59 Å². The molecule has 1 atom stereocenters. The number of hydrogen-bond donors (Lipinski definition) is 0. The van der Waals surface area contributed by atoms with Crippen LogP contribution in [0, 0.1) is 40.4 Å². The maximum atomic E-state index is 12.3. The van der Waals surface area contributed by atoms with Gasteiger partial charge in [-0.05, 0) is 12.5 Å². The number of ether oxygens (including phenoxy) is 2. The standard InChI is InChI=1S/C16H14N2O4/c1-10-4-6-11(7-5-10)12-15(8-17,9-18)16(12,13(19)21-2)14(20)22-3/h4-7,12H,1-3H3. The molecule has 0 N–H and O–H groups in total. The van der Waals surface area contributed by atoms with Gasteiger partial charge < -0.3 is 9.47 Å². The molecule has 6 nitrogen and oxygen atoms in total. The van der Waals surface area contributed by atoms with Crippen molar-refractivity contribution in [2.75, 3.05) is 14.2 Å². The summed E-state index contributed by atoms with van der Waals surface area (Å²) < 4.78 is 9.39. The Morgan fingerprint density at radius 1 is 1.05 bits per heavy atom. The van der Waals surface area contributed by atoms with E-state index in [1.807, 2.05) is 19.1 Å². The van der Waals surface area contributed by atoms with Gasteiger partial charge in [-0.25, -0.2) is 0 Å². The molecule has 1 aliphatic carbocycles. The van der Waals surface area contributed by atoms with E-state index in [1.165, 1.54) is 0 Å². The molecule has 1 saturated carbocycles. The molecule has 112 valence electrons. The molecule has 6 heteroatoms. The van der Waals surface area contributed by atoms with Gasteiger partial charge in [-0.2, -0.15) is 10.5 Å². The first-order chi connectivity index (χ1) is 10.5. The van der Waals surface area contributed by atoms with Crippen LogP contribution < -0.4 is 0 Å². The highest BCUT2D eigenvalue weighted by atomic mass is 16.5. The third-order valence-corrected chi connectivity index (χ3v) is 4.18. The van der Waals surface area contributed by atoms with E-state index in [0.717, 1.165) is 19.8 Å². The van der Waals surface area contributed by atoms with Gasteiger partial charge in [-0.1, -0.05) is 29.8 Å². The summed E-state index contributed by atoms with van der Waals surface area (Å²) in [5.41, 5.74) is -2.26. The number of aryl methyl sites for hydroxylation is 1. The van der Waals surface area contributed by atoms with Crippen molar-refractivity contribution < 1.29 is 19.1 Å². The summed E-state index contributed by atoms with van der Waals surface area (Å²) in [5, 5.41) is 19.0. The number of methoxy groups -OCH3 is 2. The molecule has 1 unspecified atom stereocenters. The second-order valence-electron chi connectivity index (χ2n) is 5.17. The summed E-state index contributed by atoms with van der Waals surface area (Å²) in [7, 11) is 2.22. The van der Waals surface area contributed by atoms with Gasteiger partial charge in [0.2, 0.25) is 5.41 Å². The van der Waals surface area contributed by atoms with E-state index in [4.69, 9.17) is 9.47 Å². The summed E-state index contributed by atoms with van der Waals surface area (Å²) in [6.45, 7) is 1.88. The average Bonchev–Trinajstić information content (AvgIpc) is 3.18. The predicted molar refractivity (Wildman–Crippen MR) is 74.0 cm³/mol. The van der Waals surface area contributed by atoms with Crippen LogP contribution in [0.1, 0.15) is 17.0 Å². The van der Waals surface area contributed by atoms with E-state index in [1.54, 1.807) is 24.3 Å². The Kier molecular flexibility index (Phi) is 3.64. The Bertz CT molecular complexity index is 679. The fourth-order valence-electron chi connectivity index (χ4n) is 3.03. The van der Waals surface area contributed by atoms with E-state index in [0.29, 0.717) is 5.56 Å². The summed E-state index contributed by atoms with van der Waals surface area (Å²) in [5.74, 6) is -2.79. The monoisotopic (exact) mass is 298 g/mol. The molecule has 2 rings (SSSR count). The second-order valence-corrected chi connectivity index (χ2v) is 5.17. The minimum Gasteiger partial charge on any atom is -0.468 e. The molecule has 0 amide bonds. The van der Waals surface area contributed by atoms with Crippen molar-refractivity contribution >= 4 is 11.9 Å². The fourth-order valence-corrected chi connectivity index (χ4v) is 3.03. The topological polar surface area (TPSA) is 100 Å². The van der Waals surface area contributed by atoms with Crippen molar-refractivity contribution in [3.63, 3.8) is 0 Å². The minimum atomic E-state index is -1.95. The average molecular weight is 298 g/mol. The molecule has 1 aromatic rings. The van der Waals surface area contributed by atoms with Crippen LogP contribution in [0.4, 0.5) is 0 Å². The number of nitrogens with zero attached hydrogens (tertiary/aromatic N) is 2. The van der Waals surface area contributed by atoms with E-state index in [9.17, 15) is 20.1 Å². The third kappa shape index (κ3) is 1.64. The zero-order valence-corrected chi connectivity index (χ0v) is 12.4. The van der Waals surface area contributed by atoms with Crippen LogP contribution in [0.2, 0.25) is 0 Å². The Labute approximate surface area is 127 Å². The smallest absolute Gasteiger partial charge is 0.326 e. The van der Waals surface area contributed by atoms with Crippen LogP contribution in [-0.2, 0) is 19.1 Å². The second kappa shape index (κ2) is 5.16. The summed E-state index contributed by atoms with van der Waals surface area (Å²) >= 11 is 0. The number of carbonyl (C=O) groups is 2. The summed E-state index contributed by atoms with van der Waals surface area (Å²) in [6, 6.07) is 10.6. The Morgan fingerprint density at radius 2 is 1.50 bits per heavy atom. The molecule has 1 aliphatic rings. The first-order valence-electron chi connectivity index (χ1n) is 6.52. The van der Waals surface area contributed by atoms with Crippen LogP contribution in [0.5, 0.6) is 0 Å².